The van der Waals surface area contributed by atoms with Crippen molar-refractivity contribution in [1.82, 2.24) is 9.78 Å². The molecule has 0 aliphatic carbocycles. The molecule has 2 rings (SSSR count). The second-order valence-corrected chi connectivity index (χ2v) is 5.61. The van der Waals surface area contributed by atoms with Crippen LogP contribution in [-0.4, -0.2) is 15.6 Å². The summed E-state index contributed by atoms with van der Waals surface area (Å²) in [4.78, 5) is 12.1. The highest BCUT2D eigenvalue weighted by Gasteiger charge is 2.17. The minimum Gasteiger partial charge on any atom is -0.299 e. The predicted octanol–water partition coefficient (Wildman–Crippen LogP) is 3.38. The van der Waals surface area contributed by atoms with E-state index < -0.39 is 11.6 Å². The highest BCUT2D eigenvalue weighted by molar-refractivity contribution is 9.10. The van der Waals surface area contributed by atoms with Crippen molar-refractivity contribution in [2.24, 2.45) is 7.05 Å². The summed E-state index contributed by atoms with van der Waals surface area (Å²) >= 11 is 3.44. The van der Waals surface area contributed by atoms with Crippen LogP contribution < -0.4 is 0 Å². The van der Waals surface area contributed by atoms with Crippen molar-refractivity contribution in [3.8, 4) is 0 Å². The summed E-state index contributed by atoms with van der Waals surface area (Å²) in [5.74, 6) is -1.49. The van der Waals surface area contributed by atoms with Gasteiger partial charge in [0.1, 0.15) is 17.4 Å². The quantitative estimate of drug-likeness (QED) is 0.822. The molecule has 0 aliphatic rings. The smallest absolute Gasteiger partial charge is 0.143 e. The fourth-order valence-corrected chi connectivity index (χ4v) is 2.90. The maximum absolute atomic E-state index is 13.5. The van der Waals surface area contributed by atoms with Gasteiger partial charge in [0.25, 0.3) is 0 Å². The number of Topliss-reactive ketones (excluding diaryl/α,β-unsaturated/α-hetero) is 1. The number of aryl methyl sites for hydroxylation is 2. The zero-order valence-corrected chi connectivity index (χ0v) is 13.4. The number of hydrogen-bond acceptors (Lipinski definition) is 2. The first kappa shape index (κ1) is 15.8. The first-order chi connectivity index (χ1) is 9.92. The molecule has 0 N–H and O–H groups in total. The Labute approximate surface area is 130 Å². The van der Waals surface area contributed by atoms with Crippen molar-refractivity contribution in [1.29, 1.82) is 0 Å². The Kier molecular flexibility index (Phi) is 4.88. The molecule has 0 saturated heterocycles. The van der Waals surface area contributed by atoms with Gasteiger partial charge >= 0.3 is 0 Å². The highest BCUT2D eigenvalue weighted by Crippen LogP contribution is 2.22. The molecular formula is C15H15BrF2N2O. The number of ketones is 1. The van der Waals surface area contributed by atoms with E-state index in [1.807, 2.05) is 6.92 Å². The van der Waals surface area contributed by atoms with Crippen LogP contribution in [0.1, 0.15) is 23.9 Å². The number of nitrogens with zero attached hydrogens (tertiary/aromatic N) is 2. The third-order valence-corrected chi connectivity index (χ3v) is 4.19. The third-order valence-electron chi connectivity index (χ3n) is 3.27. The molecule has 1 heterocycles. The Morgan fingerprint density at radius 3 is 2.62 bits per heavy atom. The number of benzene rings is 1. The fraction of sp³-hybridized carbons (Fsp3) is 0.333. The van der Waals surface area contributed by atoms with Crippen LogP contribution in [0, 0.1) is 11.6 Å². The number of hydrogen-bond donors (Lipinski definition) is 0. The third kappa shape index (κ3) is 3.56. The Bertz CT molecular complexity index is 683. The van der Waals surface area contributed by atoms with Gasteiger partial charge in [-0.2, -0.15) is 5.10 Å². The van der Waals surface area contributed by atoms with Crippen LogP contribution in [0.3, 0.4) is 0 Å². The first-order valence-electron chi connectivity index (χ1n) is 6.58. The van der Waals surface area contributed by atoms with Crippen LogP contribution in [0.5, 0.6) is 0 Å². The van der Waals surface area contributed by atoms with Crippen LogP contribution >= 0.6 is 15.9 Å². The maximum atomic E-state index is 13.5. The van der Waals surface area contributed by atoms with Crippen LogP contribution in [0.15, 0.2) is 22.7 Å². The van der Waals surface area contributed by atoms with E-state index in [1.54, 1.807) is 11.7 Å². The largest absolute Gasteiger partial charge is 0.299 e. The second-order valence-electron chi connectivity index (χ2n) is 4.81. The van der Waals surface area contributed by atoms with E-state index in [0.717, 1.165) is 34.4 Å². The van der Waals surface area contributed by atoms with E-state index in [2.05, 4.69) is 21.0 Å². The molecule has 0 bridgehead atoms. The van der Waals surface area contributed by atoms with Gasteiger partial charge in [-0.1, -0.05) is 13.0 Å². The predicted molar refractivity (Wildman–Crippen MR) is 79.1 cm³/mol. The molecule has 21 heavy (non-hydrogen) atoms. The molecule has 0 saturated carbocycles. The average Bonchev–Trinajstić information content (AvgIpc) is 2.69. The lowest BCUT2D eigenvalue weighted by atomic mass is 10.0. The molecule has 0 radical (unpaired) electrons. The zero-order valence-electron chi connectivity index (χ0n) is 11.8. The number of aromatic nitrogens is 2. The van der Waals surface area contributed by atoms with E-state index in [-0.39, 0.29) is 24.2 Å². The van der Waals surface area contributed by atoms with Crippen molar-refractivity contribution >= 4 is 21.7 Å². The van der Waals surface area contributed by atoms with E-state index in [9.17, 15) is 13.6 Å². The summed E-state index contributed by atoms with van der Waals surface area (Å²) in [7, 11) is 1.77. The SMILES string of the molecule is CCc1nn(C)c(CC(=O)Cc2ccc(F)cc2F)c1Br. The summed E-state index contributed by atoms with van der Waals surface area (Å²) in [6, 6.07) is 3.25. The van der Waals surface area contributed by atoms with E-state index >= 15 is 0 Å². The van der Waals surface area contributed by atoms with Gasteiger partial charge in [-0.05, 0) is 34.0 Å². The normalized spacial score (nSPS) is 10.9. The summed E-state index contributed by atoms with van der Waals surface area (Å²) < 4.78 is 28.9. The first-order valence-corrected chi connectivity index (χ1v) is 7.37. The van der Waals surface area contributed by atoms with Crippen LogP contribution in [-0.2, 0) is 31.1 Å². The monoisotopic (exact) mass is 356 g/mol. The van der Waals surface area contributed by atoms with Crippen molar-refractivity contribution in [2.75, 3.05) is 0 Å². The molecule has 0 amide bonds. The van der Waals surface area contributed by atoms with Gasteiger partial charge in [0.15, 0.2) is 0 Å². The molecular weight excluding hydrogens is 342 g/mol. The second kappa shape index (κ2) is 6.47. The molecule has 0 atom stereocenters. The lowest BCUT2D eigenvalue weighted by Gasteiger charge is -2.04. The van der Waals surface area contributed by atoms with Gasteiger partial charge in [-0.15, -0.1) is 0 Å². The number of carbonyl (C=O) groups is 1. The molecule has 0 aliphatic heterocycles. The topological polar surface area (TPSA) is 34.9 Å². The van der Waals surface area contributed by atoms with Crippen molar-refractivity contribution in [3.05, 3.63) is 51.3 Å². The van der Waals surface area contributed by atoms with Crippen LogP contribution in [0.25, 0.3) is 0 Å². The van der Waals surface area contributed by atoms with Gasteiger partial charge in [0.2, 0.25) is 0 Å². The minimum absolute atomic E-state index is 0.0643. The van der Waals surface area contributed by atoms with Gasteiger partial charge < -0.3 is 0 Å². The molecule has 0 fully saturated rings. The summed E-state index contributed by atoms with van der Waals surface area (Å²) in [5, 5.41) is 4.31. The number of carbonyl (C=O) groups excluding carboxylic acids is 1. The minimum atomic E-state index is -0.693. The lowest BCUT2D eigenvalue weighted by Crippen LogP contribution is -2.11. The average molecular weight is 357 g/mol. The lowest BCUT2D eigenvalue weighted by molar-refractivity contribution is -0.117. The van der Waals surface area contributed by atoms with E-state index in [4.69, 9.17) is 0 Å². The van der Waals surface area contributed by atoms with Crippen molar-refractivity contribution in [3.63, 3.8) is 0 Å². The Hall–Kier alpha value is -1.56. The Morgan fingerprint density at radius 2 is 2.05 bits per heavy atom. The molecule has 112 valence electrons. The molecule has 0 spiro atoms. The van der Waals surface area contributed by atoms with Crippen molar-refractivity contribution < 1.29 is 13.6 Å². The number of halogens is 3. The van der Waals surface area contributed by atoms with Gasteiger partial charge in [-0.25, -0.2) is 8.78 Å². The standard InChI is InChI=1S/C15H15BrF2N2O/c1-3-13-15(16)14(20(2)19-13)8-11(21)6-9-4-5-10(17)7-12(9)18/h4-5,7H,3,6,8H2,1-2H3. The molecule has 1 aromatic carbocycles. The van der Waals surface area contributed by atoms with Crippen LogP contribution in [0.4, 0.5) is 8.78 Å². The zero-order chi connectivity index (χ0) is 15.6. The molecule has 3 nitrogen and oxygen atoms in total. The molecule has 2 aromatic rings. The van der Waals surface area contributed by atoms with Gasteiger partial charge in [-0.3, -0.25) is 9.48 Å². The fourth-order valence-electron chi connectivity index (χ4n) is 2.14. The Balaban J connectivity index is 2.13. The maximum Gasteiger partial charge on any atom is 0.143 e. The highest BCUT2D eigenvalue weighted by atomic mass is 79.9. The van der Waals surface area contributed by atoms with Crippen LogP contribution in [0.2, 0.25) is 0 Å². The van der Waals surface area contributed by atoms with Crippen molar-refractivity contribution in [2.45, 2.75) is 26.2 Å². The molecule has 0 unspecified atom stereocenters. The van der Waals surface area contributed by atoms with Gasteiger partial charge in [0, 0.05) is 26.0 Å². The summed E-state index contributed by atoms with van der Waals surface area (Å²) in [6.45, 7) is 1.98. The Morgan fingerprint density at radius 1 is 1.33 bits per heavy atom. The van der Waals surface area contributed by atoms with E-state index in [1.165, 1.54) is 6.07 Å². The van der Waals surface area contributed by atoms with E-state index in [0.29, 0.717) is 0 Å². The number of rotatable bonds is 5. The molecule has 1 aromatic heterocycles. The molecule has 6 heteroatoms. The van der Waals surface area contributed by atoms with Gasteiger partial charge in [0.05, 0.1) is 15.9 Å². The summed E-state index contributed by atoms with van der Waals surface area (Å²) in [6.07, 6.45) is 0.849. The summed E-state index contributed by atoms with van der Waals surface area (Å²) in [5.41, 5.74) is 1.85.